The van der Waals surface area contributed by atoms with E-state index >= 15 is 0 Å². The molecule has 1 aliphatic rings. The molecule has 1 aromatic heterocycles. The number of rotatable bonds is 3. The van der Waals surface area contributed by atoms with E-state index in [4.69, 9.17) is 0 Å². The fraction of sp³-hybridized carbons (Fsp3) is 0.111. The third-order valence-electron chi connectivity index (χ3n) is 4.19. The molecule has 0 aliphatic carbocycles. The van der Waals surface area contributed by atoms with Crippen LogP contribution in [-0.2, 0) is 9.59 Å². The highest BCUT2D eigenvalue weighted by Gasteiger charge is 2.40. The number of hydrogen-bond acceptors (Lipinski definition) is 3. The molecule has 2 amide bonds. The Morgan fingerprint density at radius 3 is 2.72 bits per heavy atom. The lowest BCUT2D eigenvalue weighted by molar-refractivity contribution is -0.121. The van der Waals surface area contributed by atoms with Crippen LogP contribution in [0, 0.1) is 0 Å². The van der Waals surface area contributed by atoms with E-state index in [1.54, 1.807) is 12.1 Å². The Hall–Kier alpha value is -2.12. The van der Waals surface area contributed by atoms with Gasteiger partial charge in [0.2, 0.25) is 5.91 Å². The normalized spacial score (nSPS) is 17.5. The van der Waals surface area contributed by atoms with Crippen LogP contribution in [0.4, 0.5) is 11.4 Å². The first-order valence-electron chi connectivity index (χ1n) is 7.68. The number of nitrogens with zero attached hydrogens (tertiary/aromatic N) is 1. The van der Waals surface area contributed by atoms with E-state index in [1.807, 2.05) is 36.5 Å². The molecule has 2 aromatic carbocycles. The number of halogens is 2. The molecule has 4 rings (SSSR count). The van der Waals surface area contributed by atoms with Gasteiger partial charge >= 0.3 is 0 Å². The van der Waals surface area contributed by atoms with Crippen LogP contribution in [0.2, 0.25) is 0 Å². The van der Waals surface area contributed by atoms with Crippen LogP contribution in [0.3, 0.4) is 0 Å². The highest BCUT2D eigenvalue weighted by molar-refractivity contribution is 9.11. The number of H-pyrrole nitrogens is 1. The predicted octanol–water partition coefficient (Wildman–Crippen LogP) is 4.44. The molecule has 5 nitrogen and oxygen atoms in total. The van der Waals surface area contributed by atoms with Crippen molar-refractivity contribution in [1.29, 1.82) is 0 Å². The average Bonchev–Trinajstić information content (AvgIpc) is 3.13. The minimum absolute atomic E-state index is 0.129. The molecule has 0 unspecified atom stereocenters. The number of amides is 2. The van der Waals surface area contributed by atoms with Gasteiger partial charge in [0.1, 0.15) is 6.04 Å². The van der Waals surface area contributed by atoms with Gasteiger partial charge in [-0.15, -0.1) is 0 Å². The lowest BCUT2D eigenvalue weighted by Gasteiger charge is -2.17. The Bertz CT molecular complexity index is 999. The minimum Gasteiger partial charge on any atom is -0.373 e. The van der Waals surface area contributed by atoms with Crippen LogP contribution in [0.5, 0.6) is 0 Å². The highest BCUT2D eigenvalue weighted by atomic mass is 79.9. The summed E-state index contributed by atoms with van der Waals surface area (Å²) in [5.74, 6) is -0.467. The quantitative estimate of drug-likeness (QED) is 0.565. The van der Waals surface area contributed by atoms with Gasteiger partial charge < -0.3 is 10.3 Å². The Kier molecular flexibility index (Phi) is 4.13. The number of fused-ring (bicyclic) bond motifs is 1. The van der Waals surface area contributed by atoms with Gasteiger partial charge in [-0.2, -0.15) is 0 Å². The van der Waals surface area contributed by atoms with Gasteiger partial charge in [0.05, 0.1) is 12.1 Å². The fourth-order valence-electron chi connectivity index (χ4n) is 3.00. The summed E-state index contributed by atoms with van der Waals surface area (Å²) in [5.41, 5.74) is 2.34. The van der Waals surface area contributed by atoms with Crippen LogP contribution < -0.4 is 10.2 Å². The van der Waals surface area contributed by atoms with Crippen molar-refractivity contribution in [1.82, 2.24) is 4.98 Å². The Labute approximate surface area is 160 Å². The summed E-state index contributed by atoms with van der Waals surface area (Å²) in [7, 11) is 0. The molecule has 1 aliphatic heterocycles. The lowest BCUT2D eigenvalue weighted by atomic mass is 10.2. The van der Waals surface area contributed by atoms with E-state index in [9.17, 15) is 9.59 Å². The van der Waals surface area contributed by atoms with Crippen LogP contribution in [0.1, 0.15) is 6.42 Å². The van der Waals surface area contributed by atoms with E-state index < -0.39 is 6.04 Å². The van der Waals surface area contributed by atoms with Crippen molar-refractivity contribution in [3.8, 4) is 0 Å². The van der Waals surface area contributed by atoms with Gasteiger partial charge in [0.15, 0.2) is 0 Å². The monoisotopic (exact) mass is 461 g/mol. The summed E-state index contributed by atoms with van der Waals surface area (Å²) in [6, 6.07) is 12.6. The van der Waals surface area contributed by atoms with Gasteiger partial charge in [-0.3, -0.25) is 9.59 Å². The van der Waals surface area contributed by atoms with E-state index in [0.29, 0.717) is 10.2 Å². The van der Waals surface area contributed by atoms with Crippen LogP contribution in [0.15, 0.2) is 57.6 Å². The van der Waals surface area contributed by atoms with Crippen molar-refractivity contribution in [2.75, 3.05) is 10.2 Å². The zero-order valence-electron chi connectivity index (χ0n) is 12.9. The lowest BCUT2D eigenvalue weighted by Crippen LogP contribution is -2.35. The SMILES string of the molecule is O=C1C[C@H](Nc2ccc3cc[nH]c3c2)C(=O)N1c1ccc(Br)cc1Br. The number of carbonyl (C=O) groups excluding carboxylic acids is 2. The molecule has 7 heteroatoms. The number of anilines is 2. The van der Waals surface area contributed by atoms with Crippen LogP contribution >= 0.6 is 31.9 Å². The smallest absolute Gasteiger partial charge is 0.256 e. The van der Waals surface area contributed by atoms with Crippen LogP contribution in [-0.4, -0.2) is 22.8 Å². The average molecular weight is 463 g/mol. The second-order valence-electron chi connectivity index (χ2n) is 5.84. The first kappa shape index (κ1) is 16.4. The van der Waals surface area contributed by atoms with Gasteiger partial charge in [-0.25, -0.2) is 4.90 Å². The van der Waals surface area contributed by atoms with E-state index in [0.717, 1.165) is 21.1 Å². The van der Waals surface area contributed by atoms with Gasteiger partial charge in [-0.1, -0.05) is 22.0 Å². The third kappa shape index (κ3) is 2.98. The highest BCUT2D eigenvalue weighted by Crippen LogP contribution is 2.33. The van der Waals surface area contributed by atoms with Crippen molar-refractivity contribution < 1.29 is 9.59 Å². The first-order valence-corrected chi connectivity index (χ1v) is 9.27. The summed E-state index contributed by atoms with van der Waals surface area (Å²) in [5, 5.41) is 4.27. The standard InChI is InChI=1S/C18H13Br2N3O2/c19-11-2-4-16(13(20)7-11)23-17(24)9-15(18(23)25)22-12-3-1-10-5-6-21-14(10)8-12/h1-8,15,21-22H,9H2/t15-/m0/s1. The minimum atomic E-state index is -0.574. The molecule has 0 spiro atoms. The second kappa shape index (κ2) is 6.31. The van der Waals surface area contributed by atoms with Gasteiger partial charge in [0.25, 0.3) is 5.91 Å². The molecule has 0 saturated carbocycles. The molecule has 2 N–H and O–H groups in total. The summed E-state index contributed by atoms with van der Waals surface area (Å²) in [6.45, 7) is 0. The molecule has 25 heavy (non-hydrogen) atoms. The Morgan fingerprint density at radius 1 is 1.08 bits per heavy atom. The van der Waals surface area contributed by atoms with Crippen molar-refractivity contribution in [3.05, 3.63) is 57.6 Å². The number of hydrogen-bond donors (Lipinski definition) is 2. The third-order valence-corrected chi connectivity index (χ3v) is 5.32. The molecular formula is C18H13Br2N3O2. The maximum atomic E-state index is 12.8. The van der Waals surface area contributed by atoms with E-state index in [1.165, 1.54) is 4.90 Å². The molecule has 126 valence electrons. The maximum absolute atomic E-state index is 12.8. The Morgan fingerprint density at radius 2 is 1.92 bits per heavy atom. The summed E-state index contributed by atoms with van der Waals surface area (Å²) >= 11 is 6.79. The predicted molar refractivity (Wildman–Crippen MR) is 105 cm³/mol. The number of aromatic amines is 1. The van der Waals surface area contributed by atoms with Crippen molar-refractivity contribution >= 4 is 66.0 Å². The van der Waals surface area contributed by atoms with Gasteiger partial charge in [-0.05, 0) is 57.7 Å². The molecule has 0 radical (unpaired) electrons. The molecule has 1 saturated heterocycles. The molecule has 3 aromatic rings. The zero-order valence-corrected chi connectivity index (χ0v) is 16.1. The summed E-state index contributed by atoms with van der Waals surface area (Å²) in [6.07, 6.45) is 2.00. The van der Waals surface area contributed by atoms with Crippen LogP contribution in [0.25, 0.3) is 10.9 Å². The topological polar surface area (TPSA) is 65.2 Å². The molecule has 2 heterocycles. The second-order valence-corrected chi connectivity index (χ2v) is 7.61. The number of nitrogens with one attached hydrogen (secondary N) is 2. The molecule has 1 fully saturated rings. The summed E-state index contributed by atoms with van der Waals surface area (Å²) < 4.78 is 1.56. The van der Waals surface area contributed by atoms with Gasteiger partial charge in [0, 0.05) is 26.3 Å². The van der Waals surface area contributed by atoms with Crippen molar-refractivity contribution in [2.45, 2.75) is 12.5 Å². The number of carbonyl (C=O) groups is 2. The molecule has 0 bridgehead atoms. The van der Waals surface area contributed by atoms with E-state index in [2.05, 4.69) is 42.2 Å². The molecule has 1 atom stereocenters. The molecular weight excluding hydrogens is 450 g/mol. The Balaban J connectivity index is 1.60. The fourth-order valence-corrected chi connectivity index (χ4v) is 4.22. The summed E-state index contributed by atoms with van der Waals surface area (Å²) in [4.78, 5) is 29.6. The number of benzene rings is 2. The first-order chi connectivity index (χ1) is 12.0. The maximum Gasteiger partial charge on any atom is 0.256 e. The zero-order chi connectivity index (χ0) is 17.6. The van der Waals surface area contributed by atoms with E-state index in [-0.39, 0.29) is 18.2 Å². The van der Waals surface area contributed by atoms with Crippen molar-refractivity contribution in [2.24, 2.45) is 0 Å². The number of aromatic nitrogens is 1. The van der Waals surface area contributed by atoms with Crippen molar-refractivity contribution in [3.63, 3.8) is 0 Å². The largest absolute Gasteiger partial charge is 0.373 e. The number of imide groups is 1.